The van der Waals surface area contributed by atoms with Crippen molar-refractivity contribution in [1.82, 2.24) is 0 Å². The normalized spacial score (nSPS) is 10.1. The van der Waals surface area contributed by atoms with Gasteiger partial charge in [0.25, 0.3) is 5.91 Å². The molecule has 102 valence electrons. The van der Waals surface area contributed by atoms with E-state index in [9.17, 15) is 9.59 Å². The highest BCUT2D eigenvalue weighted by Gasteiger charge is 2.10. The topological polar surface area (TPSA) is 73.3 Å². The van der Waals surface area contributed by atoms with Crippen LogP contribution < -0.4 is 10.3 Å². The van der Waals surface area contributed by atoms with Crippen LogP contribution >= 0.6 is 0 Å². The van der Waals surface area contributed by atoms with E-state index in [0.29, 0.717) is 17.7 Å². The first-order valence-electron chi connectivity index (χ1n) is 6.06. The van der Waals surface area contributed by atoms with Gasteiger partial charge in [-0.1, -0.05) is 12.1 Å². The van der Waals surface area contributed by atoms with Crippen LogP contribution in [0.3, 0.4) is 0 Å². The number of carbonyl (C=O) groups is 2. The number of ether oxygens (including phenoxy) is 1. The van der Waals surface area contributed by atoms with Gasteiger partial charge in [0.15, 0.2) is 18.9 Å². The lowest BCUT2D eigenvalue weighted by Gasteiger charge is -2.02. The van der Waals surface area contributed by atoms with E-state index in [-0.39, 0.29) is 5.97 Å². The summed E-state index contributed by atoms with van der Waals surface area (Å²) in [5.41, 5.74) is 7.11. The van der Waals surface area contributed by atoms with E-state index in [4.69, 9.17) is 5.73 Å². The lowest BCUT2D eigenvalue weighted by atomic mass is 10.1. The average Bonchev–Trinajstić information content (AvgIpc) is 2.47. The maximum Gasteiger partial charge on any atom is 0.337 e. The molecular formula is C15H15N2O3+. The van der Waals surface area contributed by atoms with Crippen LogP contribution in [-0.4, -0.2) is 19.0 Å². The lowest BCUT2D eigenvalue weighted by molar-refractivity contribution is -0.688. The van der Waals surface area contributed by atoms with Gasteiger partial charge in [-0.2, -0.15) is 4.57 Å². The fraction of sp³-hybridized carbons (Fsp3) is 0.133. The molecule has 0 saturated heterocycles. The molecule has 1 aromatic carbocycles. The summed E-state index contributed by atoms with van der Waals surface area (Å²) in [7, 11) is 1.35. The van der Waals surface area contributed by atoms with Gasteiger partial charge in [0.1, 0.15) is 5.56 Å². The Kier molecular flexibility index (Phi) is 4.10. The molecule has 0 bridgehead atoms. The highest BCUT2D eigenvalue weighted by atomic mass is 16.5. The number of amides is 1. The monoisotopic (exact) mass is 271 g/mol. The Morgan fingerprint density at radius 3 is 2.65 bits per heavy atom. The van der Waals surface area contributed by atoms with E-state index >= 15 is 0 Å². The lowest BCUT2D eigenvalue weighted by Crippen LogP contribution is -2.35. The molecule has 0 aliphatic carbocycles. The van der Waals surface area contributed by atoms with Gasteiger partial charge in [-0.3, -0.25) is 4.79 Å². The molecule has 0 radical (unpaired) electrons. The second kappa shape index (κ2) is 5.97. The Labute approximate surface area is 116 Å². The van der Waals surface area contributed by atoms with E-state index in [2.05, 4.69) is 4.74 Å². The number of nitrogens with zero attached hydrogens (tertiary/aromatic N) is 1. The first-order valence-corrected chi connectivity index (χ1v) is 6.06. The summed E-state index contributed by atoms with van der Waals surface area (Å²) in [6, 6.07) is 10.6. The van der Waals surface area contributed by atoms with Crippen molar-refractivity contribution in [3.63, 3.8) is 0 Å². The van der Waals surface area contributed by atoms with Crippen LogP contribution in [0.15, 0.2) is 48.8 Å². The minimum Gasteiger partial charge on any atom is -0.465 e. The molecular weight excluding hydrogens is 256 g/mol. The van der Waals surface area contributed by atoms with E-state index in [0.717, 1.165) is 5.56 Å². The van der Waals surface area contributed by atoms with Crippen LogP contribution in [0.25, 0.3) is 0 Å². The van der Waals surface area contributed by atoms with E-state index < -0.39 is 5.91 Å². The van der Waals surface area contributed by atoms with Crippen molar-refractivity contribution in [3.05, 3.63) is 65.5 Å². The number of esters is 1. The predicted octanol–water partition coefficient (Wildman–Crippen LogP) is 0.908. The Balaban J connectivity index is 2.24. The molecule has 1 amide bonds. The summed E-state index contributed by atoms with van der Waals surface area (Å²) < 4.78 is 6.51. The number of methoxy groups -OCH3 is 1. The SMILES string of the molecule is COC(=O)c1cccc(C[n+]2cccc(C(N)=O)c2)c1. The smallest absolute Gasteiger partial charge is 0.337 e. The molecule has 0 unspecified atom stereocenters. The number of nitrogens with two attached hydrogens (primary N) is 1. The molecule has 0 fully saturated rings. The standard InChI is InChI=1S/C15H14N2O3/c1-20-15(19)12-5-2-4-11(8-12)9-17-7-3-6-13(10-17)14(16)18/h2-8,10H,9H2,1H3,(H-,16,18)/p+1. The molecule has 1 heterocycles. The van der Waals surface area contributed by atoms with Crippen LogP contribution in [0.4, 0.5) is 0 Å². The quantitative estimate of drug-likeness (QED) is 0.663. The van der Waals surface area contributed by atoms with Crippen LogP contribution in [0.5, 0.6) is 0 Å². The molecule has 2 N–H and O–H groups in total. The van der Waals surface area contributed by atoms with Crippen molar-refractivity contribution in [2.24, 2.45) is 5.73 Å². The van der Waals surface area contributed by atoms with Gasteiger partial charge in [0, 0.05) is 11.6 Å². The minimum atomic E-state index is -0.470. The first kappa shape index (κ1) is 13.7. The second-order valence-corrected chi connectivity index (χ2v) is 4.32. The van der Waals surface area contributed by atoms with Crippen LogP contribution in [0.1, 0.15) is 26.3 Å². The van der Waals surface area contributed by atoms with Gasteiger partial charge in [-0.15, -0.1) is 0 Å². The molecule has 0 atom stereocenters. The molecule has 1 aromatic heterocycles. The Bertz CT molecular complexity index is 653. The van der Waals surface area contributed by atoms with Gasteiger partial charge in [0.05, 0.1) is 12.7 Å². The van der Waals surface area contributed by atoms with Gasteiger partial charge in [0.2, 0.25) is 0 Å². The zero-order valence-electron chi connectivity index (χ0n) is 11.1. The van der Waals surface area contributed by atoms with E-state index in [1.165, 1.54) is 7.11 Å². The number of hydrogen-bond donors (Lipinski definition) is 1. The van der Waals surface area contributed by atoms with Crippen molar-refractivity contribution in [1.29, 1.82) is 0 Å². The molecule has 0 aliphatic heterocycles. The van der Waals surface area contributed by atoms with Crippen molar-refractivity contribution in [2.45, 2.75) is 6.54 Å². The fourth-order valence-electron chi connectivity index (χ4n) is 1.89. The Morgan fingerprint density at radius 2 is 1.95 bits per heavy atom. The fourth-order valence-corrected chi connectivity index (χ4v) is 1.89. The summed E-state index contributed by atoms with van der Waals surface area (Å²) in [6.07, 6.45) is 3.50. The van der Waals surface area contributed by atoms with Gasteiger partial charge in [-0.25, -0.2) is 4.79 Å². The number of hydrogen-bond acceptors (Lipinski definition) is 3. The van der Waals surface area contributed by atoms with Crippen molar-refractivity contribution >= 4 is 11.9 Å². The number of benzene rings is 1. The molecule has 0 saturated carbocycles. The molecule has 5 heteroatoms. The molecule has 20 heavy (non-hydrogen) atoms. The highest BCUT2D eigenvalue weighted by Crippen LogP contribution is 2.06. The van der Waals surface area contributed by atoms with Crippen LogP contribution in [0.2, 0.25) is 0 Å². The number of rotatable bonds is 4. The second-order valence-electron chi connectivity index (χ2n) is 4.32. The number of primary amides is 1. The number of aromatic nitrogens is 1. The summed E-state index contributed by atoms with van der Waals surface area (Å²) in [4.78, 5) is 22.6. The number of carbonyl (C=O) groups excluding carboxylic acids is 2. The summed E-state index contributed by atoms with van der Waals surface area (Å²) in [5, 5.41) is 0. The number of pyridine rings is 1. The Hall–Kier alpha value is -2.69. The summed E-state index contributed by atoms with van der Waals surface area (Å²) >= 11 is 0. The van der Waals surface area contributed by atoms with E-state index in [1.54, 1.807) is 36.5 Å². The molecule has 2 rings (SSSR count). The van der Waals surface area contributed by atoms with E-state index in [1.807, 2.05) is 16.8 Å². The third kappa shape index (κ3) is 3.20. The highest BCUT2D eigenvalue weighted by molar-refractivity contribution is 5.92. The molecule has 0 spiro atoms. The first-order chi connectivity index (χ1) is 9.60. The van der Waals surface area contributed by atoms with Gasteiger partial charge >= 0.3 is 5.97 Å². The zero-order chi connectivity index (χ0) is 14.5. The zero-order valence-corrected chi connectivity index (χ0v) is 11.1. The van der Waals surface area contributed by atoms with Gasteiger partial charge in [-0.05, 0) is 18.2 Å². The molecule has 2 aromatic rings. The van der Waals surface area contributed by atoms with Crippen LogP contribution in [0, 0.1) is 0 Å². The summed E-state index contributed by atoms with van der Waals surface area (Å²) in [6.45, 7) is 0.534. The Morgan fingerprint density at radius 1 is 1.20 bits per heavy atom. The maximum absolute atomic E-state index is 11.5. The average molecular weight is 271 g/mol. The largest absolute Gasteiger partial charge is 0.465 e. The molecule has 5 nitrogen and oxygen atoms in total. The van der Waals surface area contributed by atoms with Crippen molar-refractivity contribution in [2.75, 3.05) is 7.11 Å². The summed E-state index contributed by atoms with van der Waals surface area (Å²) in [5.74, 6) is -0.842. The molecule has 0 aliphatic rings. The van der Waals surface area contributed by atoms with Crippen molar-refractivity contribution in [3.8, 4) is 0 Å². The third-order valence-electron chi connectivity index (χ3n) is 2.86. The van der Waals surface area contributed by atoms with Gasteiger partial charge < -0.3 is 10.5 Å². The minimum absolute atomic E-state index is 0.372. The van der Waals surface area contributed by atoms with Crippen LogP contribution in [-0.2, 0) is 11.3 Å². The maximum atomic E-state index is 11.5. The van der Waals surface area contributed by atoms with Crippen molar-refractivity contribution < 1.29 is 18.9 Å². The third-order valence-corrected chi connectivity index (χ3v) is 2.86. The predicted molar refractivity (Wildman–Crippen MR) is 72.0 cm³/mol.